The lowest BCUT2D eigenvalue weighted by Crippen LogP contribution is -2.43. The maximum atomic E-state index is 15.0. The third kappa shape index (κ3) is 7.71. The van der Waals surface area contributed by atoms with E-state index < -0.39 is 61.3 Å². The monoisotopic (exact) mass is 786 g/mol. The maximum absolute atomic E-state index is 15.0. The molecule has 300 valence electrons. The predicted molar refractivity (Wildman–Crippen MR) is 205 cm³/mol. The number of benzene rings is 2. The van der Waals surface area contributed by atoms with E-state index in [1.165, 1.54) is 21.7 Å². The van der Waals surface area contributed by atoms with Gasteiger partial charge in [-0.1, -0.05) is 57.7 Å². The number of halogens is 2. The number of carbonyl (C=O) groups excluding carboxylic acids is 2. The molecule has 2 aliphatic rings. The SMILES string of the molecule is C.C[C@H]1[C@@H](F)[C@H](c2ccc3c(NC(=O)c4ccccc4)ncnn23)OC1(CO)CO.C[C@H]1[C@@H](F)[C@H](c2ccc3c(NC(=O)c4ccccc4)ncnn23)O[C@@H]1CO. The van der Waals surface area contributed by atoms with Crippen molar-refractivity contribution < 1.29 is 43.2 Å². The predicted octanol–water partition coefficient (Wildman–Crippen LogP) is 4.77. The Morgan fingerprint density at radius 2 is 1.19 bits per heavy atom. The van der Waals surface area contributed by atoms with Crippen LogP contribution in [0.4, 0.5) is 20.4 Å². The molecule has 0 unspecified atom stereocenters. The highest BCUT2D eigenvalue weighted by Crippen LogP contribution is 2.46. The molecule has 4 aromatic heterocycles. The molecule has 0 spiro atoms. The van der Waals surface area contributed by atoms with Gasteiger partial charge >= 0.3 is 0 Å². The summed E-state index contributed by atoms with van der Waals surface area (Å²) in [5.41, 5.74) is 1.53. The van der Waals surface area contributed by atoms with E-state index >= 15 is 0 Å². The van der Waals surface area contributed by atoms with Crippen LogP contribution in [0.15, 0.2) is 97.6 Å². The zero-order valence-corrected chi connectivity index (χ0v) is 30.3. The Kier molecular flexibility index (Phi) is 12.3. The normalized spacial score (nSPS) is 23.7. The number of hydrogen-bond acceptors (Lipinski definition) is 11. The summed E-state index contributed by atoms with van der Waals surface area (Å²) in [4.78, 5) is 33.1. The second-order valence-corrected chi connectivity index (χ2v) is 13.7. The number of fused-ring (bicyclic) bond motifs is 2. The average molecular weight is 787 g/mol. The maximum Gasteiger partial charge on any atom is 0.256 e. The smallest absolute Gasteiger partial charge is 0.256 e. The second-order valence-electron chi connectivity index (χ2n) is 13.7. The standard InChI is InChI=1S/C20H21FN4O4.C19H19FN4O3.CH4/c1-12-16(21)17(29-20(12,9-26)10-27)14-7-8-15-18(22-11-23-25(14)15)24-19(28)13-5-3-2-4-6-13;1-11-15(9-25)27-17(16(11)20)13-7-8-14-18(21-10-22-24(13)14)23-19(26)12-5-3-2-4-6-12;/h2-8,11-12,16-17,26-27H,9-10H2,1H3,(H,22,23,24,28);2-8,10-11,15-17,25H,9H2,1H3,(H,21,22,23,26);1H4/t12-,16+,17-;11-,15-,16-,17+;/m01./s1. The van der Waals surface area contributed by atoms with Crippen molar-refractivity contribution in [3.05, 3.63) is 120 Å². The molecular formula is C40H44F2N8O7. The molecule has 6 heterocycles. The third-order valence-electron chi connectivity index (χ3n) is 10.5. The third-order valence-corrected chi connectivity index (χ3v) is 10.5. The molecule has 0 aliphatic carbocycles. The van der Waals surface area contributed by atoms with Crippen molar-refractivity contribution in [3.8, 4) is 0 Å². The van der Waals surface area contributed by atoms with E-state index in [1.807, 2.05) is 12.1 Å². The van der Waals surface area contributed by atoms with Crippen LogP contribution in [0.5, 0.6) is 0 Å². The number of ether oxygens (including phenoxy) is 2. The number of rotatable bonds is 9. The zero-order chi connectivity index (χ0) is 39.6. The Bertz CT molecular complexity index is 2310. The van der Waals surface area contributed by atoms with Crippen LogP contribution >= 0.6 is 0 Å². The van der Waals surface area contributed by atoms with Gasteiger partial charge in [-0.3, -0.25) is 9.59 Å². The van der Waals surface area contributed by atoms with Crippen LogP contribution in [0.1, 0.15) is 65.6 Å². The molecule has 5 N–H and O–H groups in total. The van der Waals surface area contributed by atoms with Gasteiger partial charge in [0, 0.05) is 23.0 Å². The Morgan fingerprint density at radius 1 is 0.719 bits per heavy atom. The Balaban J connectivity index is 0.000000190. The fraction of sp³-hybridized carbons (Fsp3) is 0.350. The molecule has 8 rings (SSSR count). The van der Waals surface area contributed by atoms with E-state index in [1.54, 1.807) is 86.6 Å². The number of amides is 2. The minimum atomic E-state index is -1.45. The molecule has 0 radical (unpaired) electrons. The fourth-order valence-corrected chi connectivity index (χ4v) is 6.99. The van der Waals surface area contributed by atoms with Crippen LogP contribution in [0.3, 0.4) is 0 Å². The molecule has 2 saturated heterocycles. The van der Waals surface area contributed by atoms with Gasteiger partial charge < -0.3 is 35.4 Å². The number of aromatic nitrogens is 6. The van der Waals surface area contributed by atoms with Gasteiger partial charge in [-0.15, -0.1) is 0 Å². The molecule has 6 aromatic rings. The van der Waals surface area contributed by atoms with Gasteiger partial charge in [0.15, 0.2) is 11.6 Å². The van der Waals surface area contributed by atoms with Gasteiger partial charge in [-0.2, -0.15) is 10.2 Å². The Hall–Kier alpha value is -5.72. The van der Waals surface area contributed by atoms with E-state index in [4.69, 9.17) is 9.47 Å². The molecule has 2 amide bonds. The number of carbonyl (C=O) groups is 2. The number of hydrogen-bond donors (Lipinski definition) is 5. The van der Waals surface area contributed by atoms with Gasteiger partial charge in [0.05, 0.1) is 37.3 Å². The Labute approximate surface area is 326 Å². The minimum absolute atomic E-state index is 0. The van der Waals surface area contributed by atoms with Crippen molar-refractivity contribution in [1.82, 2.24) is 29.2 Å². The molecule has 0 bridgehead atoms. The quantitative estimate of drug-likeness (QED) is 0.135. The first-order valence-electron chi connectivity index (χ1n) is 17.9. The van der Waals surface area contributed by atoms with E-state index in [-0.39, 0.29) is 31.7 Å². The average Bonchev–Trinajstić information content (AvgIpc) is 3.99. The summed E-state index contributed by atoms with van der Waals surface area (Å²) < 4.78 is 44.1. The van der Waals surface area contributed by atoms with Gasteiger partial charge in [-0.05, 0) is 48.5 Å². The van der Waals surface area contributed by atoms with E-state index in [2.05, 4.69) is 30.8 Å². The summed E-state index contributed by atoms with van der Waals surface area (Å²) in [6.45, 7) is 2.06. The van der Waals surface area contributed by atoms with Gasteiger partial charge in [0.1, 0.15) is 53.8 Å². The number of aliphatic hydroxyl groups excluding tert-OH is 3. The van der Waals surface area contributed by atoms with E-state index in [0.29, 0.717) is 39.4 Å². The topological polar surface area (TPSA) is 198 Å². The van der Waals surface area contributed by atoms with E-state index in [0.717, 1.165) is 0 Å². The first-order chi connectivity index (χ1) is 27.1. The lowest BCUT2D eigenvalue weighted by Gasteiger charge is -2.28. The number of alkyl halides is 2. The lowest BCUT2D eigenvalue weighted by atomic mass is 9.88. The number of nitrogens with one attached hydrogen (secondary N) is 2. The molecule has 0 saturated carbocycles. The highest BCUT2D eigenvalue weighted by molar-refractivity contribution is 6.06. The lowest BCUT2D eigenvalue weighted by molar-refractivity contribution is -0.118. The molecule has 57 heavy (non-hydrogen) atoms. The van der Waals surface area contributed by atoms with Crippen molar-refractivity contribution >= 4 is 34.5 Å². The van der Waals surface area contributed by atoms with Crippen LogP contribution in [0, 0.1) is 11.8 Å². The minimum Gasteiger partial charge on any atom is -0.394 e. The molecule has 15 nitrogen and oxygen atoms in total. The van der Waals surface area contributed by atoms with Gasteiger partial charge in [0.25, 0.3) is 11.8 Å². The fourth-order valence-electron chi connectivity index (χ4n) is 6.99. The highest BCUT2D eigenvalue weighted by Gasteiger charge is 2.54. The summed E-state index contributed by atoms with van der Waals surface area (Å²) in [5.74, 6) is -1.17. The molecule has 2 aliphatic heterocycles. The molecule has 17 heteroatoms. The summed E-state index contributed by atoms with van der Waals surface area (Å²) in [7, 11) is 0. The highest BCUT2D eigenvalue weighted by atomic mass is 19.1. The Morgan fingerprint density at radius 3 is 1.61 bits per heavy atom. The van der Waals surface area contributed by atoms with Crippen molar-refractivity contribution in [3.63, 3.8) is 0 Å². The molecule has 2 fully saturated rings. The van der Waals surface area contributed by atoms with Crippen molar-refractivity contribution in [2.45, 2.75) is 57.5 Å². The van der Waals surface area contributed by atoms with Crippen LogP contribution in [-0.2, 0) is 9.47 Å². The van der Waals surface area contributed by atoms with Crippen LogP contribution in [0.25, 0.3) is 11.0 Å². The molecule has 2 aromatic carbocycles. The summed E-state index contributed by atoms with van der Waals surface area (Å²) in [5, 5.41) is 42.5. The van der Waals surface area contributed by atoms with Gasteiger partial charge in [0.2, 0.25) is 0 Å². The van der Waals surface area contributed by atoms with Gasteiger partial charge in [-0.25, -0.2) is 27.8 Å². The van der Waals surface area contributed by atoms with Crippen molar-refractivity contribution in [1.29, 1.82) is 0 Å². The van der Waals surface area contributed by atoms with E-state index in [9.17, 15) is 33.7 Å². The first-order valence-corrected chi connectivity index (χ1v) is 17.9. The number of aliphatic hydroxyl groups is 3. The number of nitrogens with zero attached hydrogens (tertiary/aromatic N) is 6. The first kappa shape index (κ1) is 40.9. The van der Waals surface area contributed by atoms with Crippen molar-refractivity contribution in [2.75, 3.05) is 30.5 Å². The molecule has 7 atom stereocenters. The summed E-state index contributed by atoms with van der Waals surface area (Å²) in [6.07, 6.45) is -2.59. The van der Waals surface area contributed by atoms with Crippen LogP contribution in [0.2, 0.25) is 0 Å². The van der Waals surface area contributed by atoms with Crippen molar-refractivity contribution in [2.24, 2.45) is 11.8 Å². The molecular weight excluding hydrogens is 742 g/mol. The van der Waals surface area contributed by atoms with Crippen LogP contribution < -0.4 is 10.6 Å². The summed E-state index contributed by atoms with van der Waals surface area (Å²) >= 11 is 0. The van der Waals surface area contributed by atoms with Crippen LogP contribution in [-0.4, -0.2) is 100 Å². The largest absolute Gasteiger partial charge is 0.394 e. The summed E-state index contributed by atoms with van der Waals surface area (Å²) in [6, 6.07) is 24.2. The second kappa shape index (κ2) is 17.2. The zero-order valence-electron chi connectivity index (χ0n) is 30.3. The number of anilines is 2.